The standard InChI is InChI=1S/C20H26O4.C2H3N/c21-20(22-12-14-5-6-14)24-13-23-17-10-9-16-8-7-15-3-1-2-4-18(15)19(16)11-17;1-2-3/h9-11,14-15,18H,1-8,12-13H2;1H3. The van der Waals surface area contributed by atoms with E-state index in [4.69, 9.17) is 19.5 Å². The summed E-state index contributed by atoms with van der Waals surface area (Å²) in [5.41, 5.74) is 2.93. The van der Waals surface area contributed by atoms with E-state index in [9.17, 15) is 4.79 Å². The summed E-state index contributed by atoms with van der Waals surface area (Å²) in [6.45, 7) is 1.82. The molecule has 0 bridgehead atoms. The van der Waals surface area contributed by atoms with E-state index in [1.165, 1.54) is 56.6 Å². The maximum Gasteiger partial charge on any atom is 0.511 e. The van der Waals surface area contributed by atoms with Crippen LogP contribution in [0.5, 0.6) is 5.75 Å². The highest BCUT2D eigenvalue weighted by atomic mass is 16.8. The van der Waals surface area contributed by atoms with Gasteiger partial charge in [0.1, 0.15) is 5.75 Å². The zero-order valence-corrected chi connectivity index (χ0v) is 16.1. The second kappa shape index (κ2) is 9.64. The molecule has 0 amide bonds. The smallest absolute Gasteiger partial charge is 0.457 e. The average molecular weight is 371 g/mol. The zero-order chi connectivity index (χ0) is 19.1. The maximum atomic E-state index is 11.5. The molecule has 0 heterocycles. The van der Waals surface area contributed by atoms with Gasteiger partial charge in [0, 0.05) is 6.92 Å². The van der Waals surface area contributed by atoms with Crippen molar-refractivity contribution in [2.45, 2.75) is 64.2 Å². The van der Waals surface area contributed by atoms with Crippen LogP contribution in [0.1, 0.15) is 68.9 Å². The van der Waals surface area contributed by atoms with Crippen molar-refractivity contribution < 1.29 is 19.0 Å². The molecule has 3 aliphatic carbocycles. The third-order valence-corrected chi connectivity index (χ3v) is 5.75. The Balaban J connectivity index is 0.000000659. The summed E-state index contributed by atoms with van der Waals surface area (Å²) in [5, 5.41) is 7.32. The van der Waals surface area contributed by atoms with Crippen LogP contribution in [0.3, 0.4) is 0 Å². The van der Waals surface area contributed by atoms with Crippen molar-refractivity contribution in [2.75, 3.05) is 13.4 Å². The number of nitriles is 1. The lowest BCUT2D eigenvalue weighted by atomic mass is 9.68. The summed E-state index contributed by atoms with van der Waals surface area (Å²) in [6, 6.07) is 8.08. The molecular weight excluding hydrogens is 342 g/mol. The molecule has 2 fully saturated rings. The lowest BCUT2D eigenvalue weighted by Gasteiger charge is -2.37. The van der Waals surface area contributed by atoms with Crippen LogP contribution >= 0.6 is 0 Å². The number of rotatable bonds is 5. The van der Waals surface area contributed by atoms with E-state index in [2.05, 4.69) is 12.1 Å². The molecule has 146 valence electrons. The Morgan fingerprint density at radius 3 is 2.70 bits per heavy atom. The molecule has 3 aliphatic rings. The summed E-state index contributed by atoms with van der Waals surface area (Å²) >= 11 is 0. The summed E-state index contributed by atoms with van der Waals surface area (Å²) in [5.74, 6) is 2.86. The first-order valence-corrected chi connectivity index (χ1v) is 10.1. The average Bonchev–Trinajstić information content (AvgIpc) is 3.51. The summed E-state index contributed by atoms with van der Waals surface area (Å²) in [7, 11) is 0. The maximum absolute atomic E-state index is 11.5. The molecule has 1 aromatic carbocycles. The number of ether oxygens (including phenoxy) is 3. The molecule has 5 heteroatoms. The molecule has 0 N–H and O–H groups in total. The van der Waals surface area contributed by atoms with E-state index >= 15 is 0 Å². The Bertz CT molecular complexity index is 677. The minimum Gasteiger partial charge on any atom is -0.457 e. The van der Waals surface area contributed by atoms with Gasteiger partial charge in [0.15, 0.2) is 0 Å². The first kappa shape index (κ1) is 19.5. The Hall–Kier alpha value is -2.22. The molecule has 0 spiro atoms. The third-order valence-electron chi connectivity index (χ3n) is 5.75. The Kier molecular flexibility index (Phi) is 6.98. The summed E-state index contributed by atoms with van der Waals surface area (Å²) < 4.78 is 15.6. The Morgan fingerprint density at radius 2 is 1.93 bits per heavy atom. The predicted molar refractivity (Wildman–Crippen MR) is 101 cm³/mol. The number of aryl methyl sites for hydroxylation is 1. The van der Waals surface area contributed by atoms with Crippen LogP contribution in [0.15, 0.2) is 18.2 Å². The molecule has 0 saturated heterocycles. The van der Waals surface area contributed by atoms with Gasteiger partial charge in [-0.3, -0.25) is 0 Å². The van der Waals surface area contributed by atoms with Crippen LogP contribution in [0.2, 0.25) is 0 Å². The third kappa shape index (κ3) is 5.63. The van der Waals surface area contributed by atoms with Gasteiger partial charge in [0.25, 0.3) is 0 Å². The molecule has 0 aliphatic heterocycles. The molecule has 2 saturated carbocycles. The monoisotopic (exact) mass is 371 g/mol. The van der Waals surface area contributed by atoms with Crippen molar-refractivity contribution in [3.8, 4) is 11.8 Å². The minimum atomic E-state index is -0.632. The lowest BCUT2D eigenvalue weighted by Crippen LogP contribution is -2.24. The highest BCUT2D eigenvalue weighted by Crippen LogP contribution is 2.45. The van der Waals surface area contributed by atoms with Gasteiger partial charge in [-0.05, 0) is 79.5 Å². The normalized spacial score (nSPS) is 22.8. The van der Waals surface area contributed by atoms with E-state index in [0.29, 0.717) is 18.4 Å². The number of hydrogen-bond acceptors (Lipinski definition) is 5. The predicted octanol–water partition coefficient (Wildman–Crippen LogP) is 5.34. The van der Waals surface area contributed by atoms with Gasteiger partial charge < -0.3 is 14.2 Å². The van der Waals surface area contributed by atoms with Crippen LogP contribution in [0.4, 0.5) is 4.79 Å². The highest BCUT2D eigenvalue weighted by molar-refractivity contribution is 5.59. The fourth-order valence-corrected chi connectivity index (χ4v) is 4.20. The SMILES string of the molecule is CC#N.O=C(OCOc1ccc2c(c1)C1CCCCC1CC2)OCC1CC1. The van der Waals surface area contributed by atoms with E-state index < -0.39 is 6.16 Å². The molecule has 0 aromatic heterocycles. The van der Waals surface area contributed by atoms with Crippen molar-refractivity contribution in [1.29, 1.82) is 5.26 Å². The van der Waals surface area contributed by atoms with E-state index in [1.807, 2.05) is 6.07 Å². The first-order valence-electron chi connectivity index (χ1n) is 10.1. The van der Waals surface area contributed by atoms with Crippen molar-refractivity contribution in [3.05, 3.63) is 29.3 Å². The van der Waals surface area contributed by atoms with Crippen LogP contribution < -0.4 is 4.74 Å². The van der Waals surface area contributed by atoms with Gasteiger partial charge in [-0.15, -0.1) is 0 Å². The number of fused-ring (bicyclic) bond motifs is 3. The zero-order valence-electron chi connectivity index (χ0n) is 16.1. The second-order valence-corrected chi connectivity index (χ2v) is 7.68. The molecule has 5 nitrogen and oxygen atoms in total. The largest absolute Gasteiger partial charge is 0.511 e. The molecule has 27 heavy (non-hydrogen) atoms. The fourth-order valence-electron chi connectivity index (χ4n) is 4.20. The Morgan fingerprint density at radius 1 is 1.15 bits per heavy atom. The number of benzene rings is 1. The number of hydrogen-bond donors (Lipinski definition) is 0. The van der Waals surface area contributed by atoms with Gasteiger partial charge >= 0.3 is 6.16 Å². The lowest BCUT2D eigenvalue weighted by molar-refractivity contribution is 0.00279. The van der Waals surface area contributed by atoms with Crippen LogP contribution in [-0.4, -0.2) is 19.6 Å². The quantitative estimate of drug-likeness (QED) is 0.516. The van der Waals surface area contributed by atoms with E-state index in [1.54, 1.807) is 6.07 Å². The Labute approximate surface area is 161 Å². The molecule has 1 aromatic rings. The first-order chi connectivity index (χ1) is 13.2. The van der Waals surface area contributed by atoms with Crippen molar-refractivity contribution in [2.24, 2.45) is 11.8 Å². The van der Waals surface area contributed by atoms with Crippen molar-refractivity contribution in [3.63, 3.8) is 0 Å². The molecule has 0 radical (unpaired) electrons. The molecular formula is C22H29NO4. The van der Waals surface area contributed by atoms with Gasteiger partial charge in [-0.25, -0.2) is 4.79 Å². The number of nitrogens with zero attached hydrogens (tertiary/aromatic N) is 1. The fraction of sp³-hybridized carbons (Fsp3) is 0.636. The van der Waals surface area contributed by atoms with Crippen molar-refractivity contribution in [1.82, 2.24) is 0 Å². The van der Waals surface area contributed by atoms with Gasteiger partial charge in [0.2, 0.25) is 6.79 Å². The highest BCUT2D eigenvalue weighted by Gasteiger charge is 2.31. The number of carbonyl (C=O) groups excluding carboxylic acids is 1. The molecule has 4 rings (SSSR count). The van der Waals surface area contributed by atoms with Gasteiger partial charge in [-0.1, -0.05) is 18.9 Å². The summed E-state index contributed by atoms with van der Waals surface area (Å²) in [6.07, 6.45) is 9.56. The van der Waals surface area contributed by atoms with E-state index in [-0.39, 0.29) is 6.79 Å². The topological polar surface area (TPSA) is 68.6 Å². The van der Waals surface area contributed by atoms with Crippen LogP contribution in [0, 0.1) is 23.2 Å². The van der Waals surface area contributed by atoms with Crippen LogP contribution in [0.25, 0.3) is 0 Å². The van der Waals surface area contributed by atoms with Gasteiger partial charge in [0.05, 0.1) is 12.7 Å². The molecule has 2 atom stereocenters. The summed E-state index contributed by atoms with van der Waals surface area (Å²) in [4.78, 5) is 11.5. The molecule has 2 unspecified atom stereocenters. The van der Waals surface area contributed by atoms with Crippen molar-refractivity contribution >= 4 is 6.16 Å². The van der Waals surface area contributed by atoms with Gasteiger partial charge in [-0.2, -0.15) is 5.26 Å². The number of carbonyl (C=O) groups is 1. The second-order valence-electron chi connectivity index (χ2n) is 7.68. The minimum absolute atomic E-state index is 0.0869. The van der Waals surface area contributed by atoms with Crippen LogP contribution in [-0.2, 0) is 15.9 Å². The van der Waals surface area contributed by atoms with E-state index in [0.717, 1.165) is 24.5 Å².